The minimum Gasteiger partial charge on any atom is -0.506 e. The summed E-state index contributed by atoms with van der Waals surface area (Å²) in [6.45, 7) is 0. The Hall–Kier alpha value is -2.47. The second-order valence-corrected chi connectivity index (χ2v) is 4.39. The molecule has 0 aliphatic heterocycles. The van der Waals surface area contributed by atoms with E-state index in [0.29, 0.717) is 11.1 Å². The van der Waals surface area contributed by atoms with Gasteiger partial charge in [-0.2, -0.15) is 4.98 Å². The van der Waals surface area contributed by atoms with E-state index in [9.17, 15) is 9.50 Å². The zero-order valence-corrected chi connectivity index (χ0v) is 10.7. The molecule has 1 aromatic carbocycles. The Morgan fingerprint density at radius 2 is 2.05 bits per heavy atom. The maximum atomic E-state index is 13.0. The van der Waals surface area contributed by atoms with E-state index in [1.807, 2.05) is 0 Å². The van der Waals surface area contributed by atoms with Crippen molar-refractivity contribution < 1.29 is 14.0 Å². The first kappa shape index (κ1) is 12.6. The van der Waals surface area contributed by atoms with Gasteiger partial charge in [0.15, 0.2) is 0 Å². The van der Waals surface area contributed by atoms with Crippen LogP contribution in [0, 0.1) is 5.82 Å². The molecule has 0 fully saturated rings. The number of hydrogen-bond donors (Lipinski definition) is 1. The van der Waals surface area contributed by atoms with Crippen molar-refractivity contribution in [3.63, 3.8) is 0 Å². The monoisotopic (exact) mass is 291 g/mol. The molecule has 5 nitrogen and oxygen atoms in total. The smallest absolute Gasteiger partial charge is 0.259 e. The van der Waals surface area contributed by atoms with Crippen molar-refractivity contribution in [2.45, 2.75) is 0 Å². The zero-order valence-electron chi connectivity index (χ0n) is 9.92. The van der Waals surface area contributed by atoms with E-state index in [1.165, 1.54) is 36.7 Å². The molecule has 2 heterocycles. The molecule has 0 radical (unpaired) electrons. The average molecular weight is 292 g/mol. The quantitative estimate of drug-likeness (QED) is 0.784. The Labute approximate surface area is 117 Å². The molecule has 2 aromatic heterocycles. The van der Waals surface area contributed by atoms with Crippen LogP contribution in [0.15, 0.2) is 41.2 Å². The van der Waals surface area contributed by atoms with Gasteiger partial charge in [-0.1, -0.05) is 16.8 Å². The van der Waals surface area contributed by atoms with Gasteiger partial charge in [-0.25, -0.2) is 4.39 Å². The van der Waals surface area contributed by atoms with Crippen LogP contribution >= 0.6 is 11.6 Å². The van der Waals surface area contributed by atoms with Gasteiger partial charge in [-0.15, -0.1) is 0 Å². The third-order valence-electron chi connectivity index (χ3n) is 2.57. The molecule has 0 amide bonds. The molecule has 0 saturated carbocycles. The van der Waals surface area contributed by atoms with Crippen molar-refractivity contribution in [3.05, 3.63) is 47.5 Å². The molecule has 20 heavy (non-hydrogen) atoms. The summed E-state index contributed by atoms with van der Waals surface area (Å²) < 4.78 is 18.1. The van der Waals surface area contributed by atoms with Crippen LogP contribution in [-0.2, 0) is 0 Å². The first-order chi connectivity index (χ1) is 9.63. The highest BCUT2D eigenvalue weighted by atomic mass is 35.5. The highest BCUT2D eigenvalue weighted by Gasteiger charge is 2.14. The maximum absolute atomic E-state index is 13.0. The van der Waals surface area contributed by atoms with Crippen LogP contribution in [0.3, 0.4) is 0 Å². The van der Waals surface area contributed by atoms with Gasteiger partial charge in [0.25, 0.3) is 5.89 Å². The molecule has 1 N–H and O–H groups in total. The Balaban J connectivity index is 2.02. The van der Waals surface area contributed by atoms with Crippen LogP contribution in [0.25, 0.3) is 22.8 Å². The molecule has 0 aliphatic carbocycles. The second kappa shape index (κ2) is 4.90. The van der Waals surface area contributed by atoms with Crippen LogP contribution < -0.4 is 0 Å². The zero-order chi connectivity index (χ0) is 14.1. The van der Waals surface area contributed by atoms with E-state index in [0.717, 1.165) is 0 Å². The molecule has 0 atom stereocenters. The minimum absolute atomic E-state index is 0.0120. The van der Waals surface area contributed by atoms with Gasteiger partial charge in [-0.3, -0.25) is 4.98 Å². The lowest BCUT2D eigenvalue weighted by Gasteiger charge is -1.97. The summed E-state index contributed by atoms with van der Waals surface area (Å²) in [6, 6.07) is 5.33. The maximum Gasteiger partial charge on any atom is 0.259 e. The lowest BCUT2D eigenvalue weighted by atomic mass is 10.2. The Kier molecular flexibility index (Phi) is 3.08. The molecule has 7 heteroatoms. The third kappa shape index (κ3) is 2.33. The van der Waals surface area contributed by atoms with E-state index in [2.05, 4.69) is 15.1 Å². The summed E-state index contributed by atoms with van der Waals surface area (Å²) in [5.41, 5.74) is 0.929. The molecule has 3 aromatic rings. The molecule has 0 saturated heterocycles. The number of aromatic nitrogens is 3. The number of halogens is 2. The summed E-state index contributed by atoms with van der Waals surface area (Å²) in [4.78, 5) is 7.96. The molecular weight excluding hydrogens is 285 g/mol. The van der Waals surface area contributed by atoms with Gasteiger partial charge in [0.05, 0.1) is 16.8 Å². The van der Waals surface area contributed by atoms with Gasteiger partial charge < -0.3 is 9.63 Å². The highest BCUT2D eigenvalue weighted by Crippen LogP contribution is 2.28. The van der Waals surface area contributed by atoms with Crippen molar-refractivity contribution in [2.24, 2.45) is 0 Å². The summed E-state index contributed by atoms with van der Waals surface area (Å²) in [5.74, 6) is -0.0427. The first-order valence-electron chi connectivity index (χ1n) is 5.57. The van der Waals surface area contributed by atoms with Crippen molar-refractivity contribution in [3.8, 4) is 28.6 Å². The van der Waals surface area contributed by atoms with Gasteiger partial charge in [0.1, 0.15) is 11.6 Å². The average Bonchev–Trinajstić information content (AvgIpc) is 2.88. The molecule has 0 bridgehead atoms. The van der Waals surface area contributed by atoms with Crippen molar-refractivity contribution in [1.29, 1.82) is 0 Å². The number of nitrogens with zero attached hydrogens (tertiary/aromatic N) is 3. The predicted molar refractivity (Wildman–Crippen MR) is 69.6 cm³/mol. The first-order valence-corrected chi connectivity index (χ1v) is 5.95. The van der Waals surface area contributed by atoms with E-state index in [-0.39, 0.29) is 22.5 Å². The van der Waals surface area contributed by atoms with Crippen molar-refractivity contribution in [2.75, 3.05) is 0 Å². The summed E-state index contributed by atoms with van der Waals surface area (Å²) in [7, 11) is 0. The van der Waals surface area contributed by atoms with E-state index in [4.69, 9.17) is 16.1 Å². The van der Waals surface area contributed by atoms with E-state index < -0.39 is 5.82 Å². The summed E-state index contributed by atoms with van der Waals surface area (Å²) in [5, 5.41) is 13.3. The topological polar surface area (TPSA) is 72.0 Å². The van der Waals surface area contributed by atoms with Crippen LogP contribution in [0.4, 0.5) is 4.39 Å². The fourth-order valence-corrected chi connectivity index (χ4v) is 1.92. The standard InChI is InChI=1S/C13H7ClFN3O2/c14-11-4-8(15)1-2-10(11)12-17-13(20-18-12)7-3-9(19)6-16-5-7/h1-6,19H. The molecule has 0 unspecified atom stereocenters. The number of rotatable bonds is 2. The molecular formula is C13H7ClFN3O2. The molecule has 0 aliphatic rings. The number of aromatic hydroxyl groups is 1. The fraction of sp³-hybridized carbons (Fsp3) is 0. The SMILES string of the molecule is Oc1cncc(-c2nc(-c3ccc(F)cc3Cl)no2)c1. The summed E-state index contributed by atoms with van der Waals surface area (Å²) >= 11 is 5.93. The van der Waals surface area contributed by atoms with Crippen LogP contribution in [0.1, 0.15) is 0 Å². The molecule has 0 spiro atoms. The number of hydrogen-bond acceptors (Lipinski definition) is 5. The van der Waals surface area contributed by atoms with Crippen LogP contribution in [0.2, 0.25) is 5.02 Å². The third-order valence-corrected chi connectivity index (χ3v) is 2.88. The summed E-state index contributed by atoms with van der Waals surface area (Å²) in [6.07, 6.45) is 2.76. The second-order valence-electron chi connectivity index (χ2n) is 3.98. The van der Waals surface area contributed by atoms with Gasteiger partial charge in [-0.05, 0) is 24.3 Å². The number of pyridine rings is 1. The normalized spacial score (nSPS) is 10.7. The largest absolute Gasteiger partial charge is 0.506 e. The lowest BCUT2D eigenvalue weighted by molar-refractivity contribution is 0.431. The van der Waals surface area contributed by atoms with Crippen molar-refractivity contribution in [1.82, 2.24) is 15.1 Å². The predicted octanol–water partition coefficient (Wildman–Crippen LogP) is 3.30. The number of benzene rings is 1. The Morgan fingerprint density at radius 1 is 1.20 bits per heavy atom. The molecule has 100 valence electrons. The van der Waals surface area contributed by atoms with Crippen molar-refractivity contribution >= 4 is 11.6 Å². The Morgan fingerprint density at radius 3 is 2.80 bits per heavy atom. The van der Waals surface area contributed by atoms with Crippen LogP contribution in [-0.4, -0.2) is 20.2 Å². The fourth-order valence-electron chi connectivity index (χ4n) is 1.67. The minimum atomic E-state index is -0.445. The van der Waals surface area contributed by atoms with Gasteiger partial charge >= 0.3 is 0 Å². The van der Waals surface area contributed by atoms with Gasteiger partial charge in [0.2, 0.25) is 5.82 Å². The lowest BCUT2D eigenvalue weighted by Crippen LogP contribution is -1.84. The highest BCUT2D eigenvalue weighted by molar-refractivity contribution is 6.33. The molecule has 3 rings (SSSR count). The van der Waals surface area contributed by atoms with E-state index in [1.54, 1.807) is 0 Å². The van der Waals surface area contributed by atoms with Gasteiger partial charge in [0, 0.05) is 11.8 Å². The Bertz CT molecular complexity index is 776. The van der Waals surface area contributed by atoms with Crippen LogP contribution in [0.5, 0.6) is 5.75 Å². The van der Waals surface area contributed by atoms with E-state index >= 15 is 0 Å².